The van der Waals surface area contributed by atoms with Crippen LogP contribution < -0.4 is 5.32 Å². The number of carbonyl (C=O) groups excluding carboxylic acids is 2. The van der Waals surface area contributed by atoms with Crippen LogP contribution in [-0.4, -0.2) is 29.1 Å². The smallest absolute Gasteiger partial charge is 0.338 e. The maximum absolute atomic E-state index is 12.3. The van der Waals surface area contributed by atoms with Gasteiger partial charge in [0, 0.05) is 29.2 Å². The molecule has 132 valence electrons. The normalized spacial score (nSPS) is 11.0. The van der Waals surface area contributed by atoms with Crippen LogP contribution in [0.3, 0.4) is 0 Å². The van der Waals surface area contributed by atoms with Gasteiger partial charge in [0.15, 0.2) is 0 Å². The van der Waals surface area contributed by atoms with Gasteiger partial charge in [-0.15, -0.1) is 0 Å². The highest BCUT2D eigenvalue weighted by atomic mass is 16.6. The van der Waals surface area contributed by atoms with E-state index in [9.17, 15) is 19.7 Å². The van der Waals surface area contributed by atoms with Gasteiger partial charge < -0.3 is 9.26 Å². The molecule has 1 aromatic carbocycles. The number of carbonyl (C=O) groups is 2. The first kappa shape index (κ1) is 18.1. The molecule has 0 aliphatic rings. The van der Waals surface area contributed by atoms with Crippen molar-refractivity contribution >= 4 is 23.4 Å². The maximum atomic E-state index is 12.3. The number of esters is 1. The molecular weight excluding hydrogens is 330 g/mol. The van der Waals surface area contributed by atoms with Gasteiger partial charge in [0.25, 0.3) is 11.6 Å². The summed E-state index contributed by atoms with van der Waals surface area (Å²) in [6, 6.07) is 4.86. The Morgan fingerprint density at radius 3 is 2.36 bits per heavy atom. The summed E-state index contributed by atoms with van der Waals surface area (Å²) >= 11 is 0. The molecule has 1 heterocycles. The van der Waals surface area contributed by atoms with E-state index in [-0.39, 0.29) is 22.4 Å². The van der Waals surface area contributed by atoms with E-state index in [0.29, 0.717) is 5.69 Å². The van der Waals surface area contributed by atoms with Gasteiger partial charge in [-0.25, -0.2) is 4.79 Å². The molecule has 0 aliphatic carbocycles. The highest BCUT2D eigenvalue weighted by Crippen LogP contribution is 2.24. The molecule has 0 atom stereocenters. The van der Waals surface area contributed by atoms with Gasteiger partial charge in [-0.1, -0.05) is 25.9 Å². The average molecular weight is 347 g/mol. The number of methoxy groups -OCH3 is 1. The van der Waals surface area contributed by atoms with E-state index < -0.39 is 22.5 Å². The zero-order chi connectivity index (χ0) is 18.8. The van der Waals surface area contributed by atoms with Crippen LogP contribution in [0.2, 0.25) is 0 Å². The second-order valence-corrected chi connectivity index (χ2v) is 6.30. The highest BCUT2D eigenvalue weighted by molar-refractivity contribution is 6.05. The van der Waals surface area contributed by atoms with Crippen LogP contribution in [0.5, 0.6) is 0 Å². The van der Waals surface area contributed by atoms with Crippen LogP contribution in [-0.2, 0) is 10.2 Å². The molecule has 1 aromatic heterocycles. The number of nitrogens with one attached hydrogen (secondary N) is 1. The number of ether oxygens (including phenoxy) is 1. The zero-order valence-electron chi connectivity index (χ0n) is 14.2. The molecule has 0 saturated carbocycles. The topological polar surface area (TPSA) is 125 Å². The predicted octanol–water partition coefficient (Wildman–Crippen LogP) is 2.92. The van der Waals surface area contributed by atoms with Gasteiger partial charge in [-0.2, -0.15) is 0 Å². The number of non-ortho nitro benzene ring substituents is 1. The van der Waals surface area contributed by atoms with Crippen LogP contribution in [0, 0.1) is 10.1 Å². The van der Waals surface area contributed by atoms with Crippen molar-refractivity contribution in [2.75, 3.05) is 12.4 Å². The Kier molecular flexibility index (Phi) is 4.87. The second kappa shape index (κ2) is 6.71. The standard InChI is InChI=1S/C16H17N3O6/c1-16(2,3)12-8-13(25-18-12)17-14(20)9-5-10(15(21)24-4)7-11(6-9)19(22)23/h5-8H,1-4H3,(H,17,20). The number of rotatable bonds is 4. The SMILES string of the molecule is COC(=O)c1cc(C(=O)Nc2cc(C(C)(C)C)no2)cc([N+](=O)[O-])c1. The van der Waals surface area contributed by atoms with Gasteiger partial charge in [0.1, 0.15) is 0 Å². The molecule has 0 fully saturated rings. The summed E-state index contributed by atoms with van der Waals surface area (Å²) in [4.78, 5) is 34.3. The average Bonchev–Trinajstić information content (AvgIpc) is 3.02. The van der Waals surface area contributed by atoms with E-state index in [1.54, 1.807) is 6.07 Å². The summed E-state index contributed by atoms with van der Waals surface area (Å²) in [6.07, 6.45) is 0. The van der Waals surface area contributed by atoms with E-state index in [1.807, 2.05) is 20.8 Å². The molecule has 1 amide bonds. The van der Waals surface area contributed by atoms with Gasteiger partial charge in [0.05, 0.1) is 23.3 Å². The second-order valence-electron chi connectivity index (χ2n) is 6.30. The van der Waals surface area contributed by atoms with E-state index in [4.69, 9.17) is 4.52 Å². The van der Waals surface area contributed by atoms with E-state index in [2.05, 4.69) is 15.2 Å². The van der Waals surface area contributed by atoms with Gasteiger partial charge in [-0.3, -0.25) is 20.2 Å². The Balaban J connectivity index is 2.32. The van der Waals surface area contributed by atoms with Crippen molar-refractivity contribution in [3.05, 3.63) is 51.2 Å². The number of anilines is 1. The molecule has 0 saturated heterocycles. The third-order valence-electron chi connectivity index (χ3n) is 3.33. The molecule has 9 nitrogen and oxygen atoms in total. The summed E-state index contributed by atoms with van der Waals surface area (Å²) in [5, 5.41) is 17.3. The molecule has 0 aliphatic heterocycles. The minimum Gasteiger partial charge on any atom is -0.465 e. The fourth-order valence-corrected chi connectivity index (χ4v) is 1.96. The molecule has 25 heavy (non-hydrogen) atoms. The quantitative estimate of drug-likeness (QED) is 0.512. The summed E-state index contributed by atoms with van der Waals surface area (Å²) in [5.41, 5.74) is -0.216. The van der Waals surface area contributed by atoms with Crippen molar-refractivity contribution < 1.29 is 23.8 Å². The first-order valence-electron chi connectivity index (χ1n) is 7.28. The molecule has 1 N–H and O–H groups in total. The fourth-order valence-electron chi connectivity index (χ4n) is 1.96. The number of aromatic nitrogens is 1. The molecule has 2 rings (SSSR count). The highest BCUT2D eigenvalue weighted by Gasteiger charge is 2.22. The monoisotopic (exact) mass is 347 g/mol. The third-order valence-corrected chi connectivity index (χ3v) is 3.33. The Labute approximate surface area is 143 Å². The Morgan fingerprint density at radius 2 is 1.84 bits per heavy atom. The van der Waals surface area contributed by atoms with Crippen molar-refractivity contribution in [2.24, 2.45) is 0 Å². The molecule has 2 aromatic rings. The van der Waals surface area contributed by atoms with E-state index in [1.165, 1.54) is 6.07 Å². The number of benzene rings is 1. The fraction of sp³-hybridized carbons (Fsp3) is 0.312. The molecule has 0 radical (unpaired) electrons. The Hall–Kier alpha value is -3.23. The molecule has 9 heteroatoms. The van der Waals surface area contributed by atoms with Crippen molar-refractivity contribution in [1.29, 1.82) is 0 Å². The lowest BCUT2D eigenvalue weighted by atomic mass is 9.92. The number of hydrogen-bond donors (Lipinski definition) is 1. The largest absolute Gasteiger partial charge is 0.465 e. The summed E-state index contributed by atoms with van der Waals surface area (Å²) < 4.78 is 9.60. The molecule has 0 bridgehead atoms. The van der Waals surface area contributed by atoms with Crippen molar-refractivity contribution in [3.63, 3.8) is 0 Å². The van der Waals surface area contributed by atoms with Crippen LogP contribution >= 0.6 is 0 Å². The first-order chi connectivity index (χ1) is 11.6. The number of nitrogens with zero attached hydrogens (tertiary/aromatic N) is 2. The first-order valence-corrected chi connectivity index (χ1v) is 7.28. The van der Waals surface area contributed by atoms with Crippen molar-refractivity contribution in [1.82, 2.24) is 5.16 Å². The Bertz CT molecular complexity index is 835. The zero-order valence-corrected chi connectivity index (χ0v) is 14.2. The van der Waals surface area contributed by atoms with Gasteiger partial charge in [-0.05, 0) is 6.07 Å². The number of nitro groups is 1. The summed E-state index contributed by atoms with van der Waals surface area (Å²) in [6.45, 7) is 5.79. The maximum Gasteiger partial charge on any atom is 0.338 e. The molecular formula is C16H17N3O6. The van der Waals surface area contributed by atoms with Crippen molar-refractivity contribution in [2.45, 2.75) is 26.2 Å². The third kappa shape index (κ3) is 4.19. The van der Waals surface area contributed by atoms with E-state index >= 15 is 0 Å². The number of amides is 1. The molecule has 0 spiro atoms. The Morgan fingerprint density at radius 1 is 1.20 bits per heavy atom. The van der Waals surface area contributed by atoms with Crippen LogP contribution in [0.4, 0.5) is 11.6 Å². The predicted molar refractivity (Wildman–Crippen MR) is 87.6 cm³/mol. The summed E-state index contributed by atoms with van der Waals surface area (Å²) in [5.74, 6) is -1.36. The van der Waals surface area contributed by atoms with Crippen LogP contribution in [0.15, 0.2) is 28.8 Å². The lowest BCUT2D eigenvalue weighted by Crippen LogP contribution is -2.14. The number of hydrogen-bond acceptors (Lipinski definition) is 7. The van der Waals surface area contributed by atoms with Crippen LogP contribution in [0.1, 0.15) is 47.2 Å². The van der Waals surface area contributed by atoms with Crippen molar-refractivity contribution in [3.8, 4) is 0 Å². The van der Waals surface area contributed by atoms with Gasteiger partial charge in [0.2, 0.25) is 5.88 Å². The summed E-state index contributed by atoms with van der Waals surface area (Å²) in [7, 11) is 1.14. The molecule has 0 unspecified atom stereocenters. The van der Waals surface area contributed by atoms with Gasteiger partial charge >= 0.3 is 5.97 Å². The van der Waals surface area contributed by atoms with E-state index in [0.717, 1.165) is 19.2 Å². The lowest BCUT2D eigenvalue weighted by Gasteiger charge is -2.12. The lowest BCUT2D eigenvalue weighted by molar-refractivity contribution is -0.384. The van der Waals surface area contributed by atoms with Crippen LogP contribution in [0.25, 0.3) is 0 Å². The minimum absolute atomic E-state index is 0.0803. The number of nitro benzene ring substituents is 1. The minimum atomic E-state index is -0.785.